The van der Waals surface area contributed by atoms with Gasteiger partial charge >= 0.3 is 0 Å². The van der Waals surface area contributed by atoms with Crippen molar-refractivity contribution in [2.75, 3.05) is 0 Å². The van der Waals surface area contributed by atoms with E-state index >= 15 is 0 Å². The molecule has 2 aliphatic carbocycles. The van der Waals surface area contributed by atoms with Gasteiger partial charge in [-0.15, -0.1) is 0 Å². The Kier molecular flexibility index (Phi) is 7.79. The SMILES string of the molecule is CC1(C)c2ccccc2-c2cc(C(c3ccccc3-c3ccccc3)c3ccccc3-c3ccc4c(c3)-n3c5ccccc5c5cccc(c53)C43c4ccccc4-c4ccccc43)ccc21. The Labute approximate surface area is 385 Å². The summed E-state index contributed by atoms with van der Waals surface area (Å²) in [5.41, 5.74) is 25.4. The second kappa shape index (κ2) is 13.8. The molecule has 0 fully saturated rings. The highest BCUT2D eigenvalue weighted by Crippen LogP contribution is 2.61. The molecule has 66 heavy (non-hydrogen) atoms. The summed E-state index contributed by atoms with van der Waals surface area (Å²) < 4.78 is 2.58. The highest BCUT2D eigenvalue weighted by molar-refractivity contribution is 6.13. The zero-order valence-electron chi connectivity index (χ0n) is 37.0. The van der Waals surface area contributed by atoms with Crippen LogP contribution in [-0.2, 0) is 10.8 Å². The number of hydrogen-bond acceptors (Lipinski definition) is 0. The van der Waals surface area contributed by atoms with Gasteiger partial charge in [0.1, 0.15) is 0 Å². The average molecular weight is 840 g/mol. The van der Waals surface area contributed by atoms with Gasteiger partial charge in [-0.2, -0.15) is 0 Å². The van der Waals surface area contributed by atoms with Gasteiger partial charge in [-0.05, 0) is 113 Å². The van der Waals surface area contributed by atoms with Crippen molar-refractivity contribution in [3.63, 3.8) is 0 Å². The van der Waals surface area contributed by atoms with E-state index in [1.54, 1.807) is 0 Å². The third kappa shape index (κ3) is 4.90. The van der Waals surface area contributed by atoms with Crippen LogP contribution in [0.4, 0.5) is 0 Å². The van der Waals surface area contributed by atoms with E-state index in [9.17, 15) is 0 Å². The maximum absolute atomic E-state index is 2.58. The summed E-state index contributed by atoms with van der Waals surface area (Å²) in [4.78, 5) is 0. The van der Waals surface area contributed by atoms with Crippen molar-refractivity contribution in [1.82, 2.24) is 4.57 Å². The molecule has 0 bridgehead atoms. The fraction of sp³-hybridized carbons (Fsp3) is 0.0769. The van der Waals surface area contributed by atoms with Crippen molar-refractivity contribution in [3.8, 4) is 50.2 Å². The Morgan fingerprint density at radius 3 is 1.58 bits per heavy atom. The molecule has 0 amide bonds. The van der Waals surface area contributed by atoms with Gasteiger partial charge in [0.15, 0.2) is 0 Å². The first-order chi connectivity index (χ1) is 32.5. The van der Waals surface area contributed by atoms with E-state index in [1.807, 2.05) is 0 Å². The first-order valence-corrected chi connectivity index (χ1v) is 23.4. The molecule has 1 nitrogen and oxygen atoms in total. The Hall–Kier alpha value is -8.00. The van der Waals surface area contributed by atoms with E-state index in [0.717, 1.165) is 0 Å². The minimum absolute atomic E-state index is 0.0606. The van der Waals surface area contributed by atoms with Gasteiger partial charge in [-0.1, -0.05) is 226 Å². The smallest absolute Gasteiger partial charge is 0.0754 e. The second-order valence-corrected chi connectivity index (χ2v) is 19.1. The molecule has 2 heterocycles. The maximum atomic E-state index is 2.58. The lowest BCUT2D eigenvalue weighted by molar-refractivity contribution is 0.660. The monoisotopic (exact) mass is 839 g/mol. The van der Waals surface area contributed by atoms with Crippen LogP contribution in [-0.4, -0.2) is 4.57 Å². The summed E-state index contributed by atoms with van der Waals surface area (Å²) in [7, 11) is 0. The number of hydrogen-bond donors (Lipinski definition) is 0. The number of para-hydroxylation sites is 2. The van der Waals surface area contributed by atoms with Gasteiger partial charge in [0.2, 0.25) is 0 Å². The molecule has 14 rings (SSSR count). The van der Waals surface area contributed by atoms with E-state index in [2.05, 4.69) is 249 Å². The molecule has 0 N–H and O–H groups in total. The minimum Gasteiger partial charge on any atom is -0.309 e. The van der Waals surface area contributed by atoms with Crippen molar-refractivity contribution >= 4 is 21.8 Å². The van der Waals surface area contributed by atoms with Gasteiger partial charge in [0.25, 0.3) is 0 Å². The maximum Gasteiger partial charge on any atom is 0.0754 e. The Bertz CT molecular complexity index is 3760. The first-order valence-electron chi connectivity index (χ1n) is 23.4. The van der Waals surface area contributed by atoms with Gasteiger partial charge in [-0.25, -0.2) is 0 Å². The molecule has 0 saturated heterocycles. The van der Waals surface area contributed by atoms with Crippen LogP contribution in [0.3, 0.4) is 0 Å². The molecular formula is C65H45N. The van der Waals surface area contributed by atoms with Crippen LogP contribution in [0.25, 0.3) is 72.0 Å². The molecule has 1 unspecified atom stereocenters. The Morgan fingerprint density at radius 2 is 0.864 bits per heavy atom. The van der Waals surface area contributed by atoms with Crippen molar-refractivity contribution < 1.29 is 0 Å². The molecule has 11 aromatic rings. The van der Waals surface area contributed by atoms with E-state index in [0.29, 0.717) is 0 Å². The molecule has 310 valence electrons. The summed E-state index contributed by atoms with van der Waals surface area (Å²) >= 11 is 0. The normalized spacial score (nSPS) is 14.7. The molecule has 1 heteroatoms. The van der Waals surface area contributed by atoms with Crippen LogP contribution in [0.1, 0.15) is 69.8 Å². The lowest BCUT2D eigenvalue weighted by Crippen LogP contribution is -2.33. The van der Waals surface area contributed by atoms with E-state index < -0.39 is 5.41 Å². The van der Waals surface area contributed by atoms with Crippen LogP contribution < -0.4 is 0 Å². The molecule has 1 spiro atoms. The molecule has 1 atom stereocenters. The number of fused-ring (bicyclic) bond motifs is 15. The third-order valence-electron chi connectivity index (χ3n) is 15.6. The number of aromatic nitrogens is 1. The molecular weight excluding hydrogens is 795 g/mol. The predicted octanol–water partition coefficient (Wildman–Crippen LogP) is 16.3. The summed E-state index contributed by atoms with van der Waals surface area (Å²) in [6.45, 7) is 4.75. The highest BCUT2D eigenvalue weighted by atomic mass is 15.0. The Balaban J connectivity index is 1.05. The van der Waals surface area contributed by atoms with Crippen LogP contribution in [0.5, 0.6) is 0 Å². The predicted molar refractivity (Wildman–Crippen MR) is 274 cm³/mol. The van der Waals surface area contributed by atoms with Crippen molar-refractivity contribution in [2.24, 2.45) is 0 Å². The fourth-order valence-electron chi connectivity index (χ4n) is 12.8. The lowest BCUT2D eigenvalue weighted by atomic mass is 9.65. The van der Waals surface area contributed by atoms with Crippen LogP contribution in [0, 0.1) is 0 Å². The lowest BCUT2D eigenvalue weighted by Gasteiger charge is -2.40. The summed E-state index contributed by atoms with van der Waals surface area (Å²) in [5.74, 6) is -0.0606. The van der Waals surface area contributed by atoms with E-state index in [1.165, 1.54) is 122 Å². The largest absolute Gasteiger partial charge is 0.309 e. The van der Waals surface area contributed by atoms with E-state index in [4.69, 9.17) is 0 Å². The van der Waals surface area contributed by atoms with Crippen LogP contribution >= 0.6 is 0 Å². The topological polar surface area (TPSA) is 4.93 Å². The number of benzene rings is 10. The minimum atomic E-state index is -0.490. The molecule has 0 radical (unpaired) electrons. The third-order valence-corrected chi connectivity index (χ3v) is 15.6. The summed E-state index contributed by atoms with van der Waals surface area (Å²) in [5, 5.41) is 2.57. The van der Waals surface area contributed by atoms with Gasteiger partial charge in [-0.3, -0.25) is 0 Å². The van der Waals surface area contributed by atoms with Gasteiger partial charge in [0.05, 0.1) is 22.1 Å². The summed E-state index contributed by atoms with van der Waals surface area (Å²) in [6, 6.07) is 87.2. The quantitative estimate of drug-likeness (QED) is 0.152. The highest BCUT2D eigenvalue weighted by Gasteiger charge is 2.51. The van der Waals surface area contributed by atoms with Crippen molar-refractivity contribution in [3.05, 3.63) is 281 Å². The standard InChI is InChI=1S/C65H45N/c1-64(2)54-30-14-10-25-48(54)53-39-43(36-37-55(53)64)62(50-27-8-6-21-44(50)41-19-4-3-5-20-41)51-28-9-7-22-45(51)42-35-38-58-61(40-42)66-60-34-17-13-26-49(60)52-29-18-33-59(63(52)66)65(58)56-31-15-11-23-46(56)47-24-12-16-32-57(47)65/h3-40,62H,1-2H3. The summed E-state index contributed by atoms with van der Waals surface area (Å²) in [6.07, 6.45) is 0. The number of nitrogens with zero attached hydrogens (tertiary/aromatic N) is 1. The first kappa shape index (κ1) is 37.4. The molecule has 1 aromatic heterocycles. The molecule has 3 aliphatic rings. The Morgan fingerprint density at radius 1 is 0.348 bits per heavy atom. The molecule has 1 aliphatic heterocycles. The zero-order chi connectivity index (χ0) is 43.7. The molecule has 10 aromatic carbocycles. The van der Waals surface area contributed by atoms with Crippen molar-refractivity contribution in [1.29, 1.82) is 0 Å². The van der Waals surface area contributed by atoms with Gasteiger partial charge < -0.3 is 4.57 Å². The van der Waals surface area contributed by atoms with Gasteiger partial charge in [0, 0.05) is 22.1 Å². The number of rotatable bonds is 5. The zero-order valence-corrected chi connectivity index (χ0v) is 37.0. The van der Waals surface area contributed by atoms with Crippen molar-refractivity contribution in [2.45, 2.75) is 30.6 Å². The van der Waals surface area contributed by atoms with Crippen LogP contribution in [0.2, 0.25) is 0 Å². The average Bonchev–Trinajstić information content (AvgIpc) is 3.96. The molecule has 0 saturated carbocycles. The van der Waals surface area contributed by atoms with E-state index in [-0.39, 0.29) is 11.3 Å². The second-order valence-electron chi connectivity index (χ2n) is 19.1. The van der Waals surface area contributed by atoms with Crippen LogP contribution in [0.15, 0.2) is 231 Å². The fourth-order valence-corrected chi connectivity index (χ4v) is 12.8.